The molecule has 0 bridgehead atoms. The molecule has 1 aliphatic heterocycles. The minimum atomic E-state index is -6.48. The summed E-state index contributed by atoms with van der Waals surface area (Å²) in [5.74, 6) is -2.09. The number of hydrogen-bond acceptors (Lipinski definition) is 20. The average molecular weight is 625 g/mol. The summed E-state index contributed by atoms with van der Waals surface area (Å²) < 4.78 is 67.1. The molecule has 0 aromatic carbocycles. The van der Waals surface area contributed by atoms with Gasteiger partial charge in [-0.05, 0) is 0 Å². The van der Waals surface area contributed by atoms with Crippen molar-refractivity contribution >= 4 is 54.0 Å². The molecule has 214 valence electrons. The Hall–Kier alpha value is -1.70. The van der Waals surface area contributed by atoms with E-state index >= 15 is 0 Å². The lowest BCUT2D eigenvalue weighted by molar-refractivity contribution is -0.251. The van der Waals surface area contributed by atoms with E-state index in [2.05, 4.69) is 32.4 Å². The van der Waals surface area contributed by atoms with E-state index in [9.17, 15) is 52.8 Å². The molecule has 1 aliphatic rings. The first-order valence-corrected chi connectivity index (χ1v) is 15.6. The lowest BCUT2D eigenvalue weighted by atomic mass is 10.1. The molecule has 3 rings (SSSR count). The molecule has 0 saturated carbocycles. The Morgan fingerprint density at radius 2 is 1.61 bits per heavy atom. The van der Waals surface area contributed by atoms with E-state index in [1.54, 1.807) is 0 Å². The van der Waals surface area contributed by atoms with Crippen LogP contribution in [0, 0.1) is 0 Å². The normalized spacial score (nSPS) is 28.3. The predicted molar refractivity (Wildman–Crippen MR) is 108 cm³/mol. The summed E-state index contributed by atoms with van der Waals surface area (Å²) in [6.07, 6.45) is -6.33. The van der Waals surface area contributed by atoms with Crippen molar-refractivity contribution < 1.29 is 80.1 Å². The van der Waals surface area contributed by atoms with Gasteiger partial charge in [0.05, 0.1) is 12.9 Å². The molecule has 1 saturated heterocycles. The largest absolute Gasteiger partial charge is 0.778 e. The molecule has 1 fully saturated rings. The van der Waals surface area contributed by atoms with Gasteiger partial charge in [-0.15, -0.1) is 0 Å². The van der Waals surface area contributed by atoms with Crippen molar-refractivity contribution in [1.82, 2.24) is 19.5 Å². The van der Waals surface area contributed by atoms with Gasteiger partial charge < -0.3 is 54.5 Å². The van der Waals surface area contributed by atoms with Crippen LogP contribution in [0.3, 0.4) is 0 Å². The minimum absolute atomic E-state index is 0.0247. The quantitative estimate of drug-likeness (QED) is 0.164. The molecule has 0 radical (unpaired) electrons. The highest BCUT2D eigenvalue weighted by Gasteiger charge is 2.45. The van der Waals surface area contributed by atoms with Gasteiger partial charge in [0.15, 0.2) is 25.3 Å². The molecule has 8 atom stereocenters. The Kier molecular flexibility index (Phi) is 8.97. The standard InChI is InChI=1S/C12H19N5O17P4/c13-10-7-11(15-3-14-10)17(4-16-7)12-9(21)8(20)5(31-12)1-30-36(24,25)33-38(28,29)34-37(26,27)32-35(22,23)2-6(18)19/h3-5,8-9,12,20-21H,1-2H2,(H,18,19)(H,22,23)(H,24,25)(H,26,27)(H,28,29)(H2,13,14,15)/p-4/t5-,8?,9+,12-/m1/s1. The molecule has 2 aromatic heterocycles. The van der Waals surface area contributed by atoms with Crippen LogP contribution in [0.5, 0.6) is 0 Å². The SMILES string of the molecule is Nc1ncnc2c1ncn2[C@@H]1O[C@H](COP(=O)([O-])OP(=O)([O-])OP(=O)([O-])OP(=O)([O-])CC(=O)O)C(O)[C@@H]1O. The number of anilines is 1. The molecule has 0 spiro atoms. The summed E-state index contributed by atoms with van der Waals surface area (Å²) in [5, 5.41) is 28.9. The fraction of sp³-hybridized carbons (Fsp3) is 0.500. The highest BCUT2D eigenvalue weighted by molar-refractivity contribution is 7.69. The molecule has 5 unspecified atom stereocenters. The number of aromatic nitrogens is 4. The van der Waals surface area contributed by atoms with Gasteiger partial charge in [0.2, 0.25) is 0 Å². The van der Waals surface area contributed by atoms with Gasteiger partial charge >= 0.3 is 5.97 Å². The van der Waals surface area contributed by atoms with Crippen LogP contribution in [0.15, 0.2) is 12.7 Å². The summed E-state index contributed by atoms with van der Waals surface area (Å²) >= 11 is 0. The second-order valence-corrected chi connectivity index (χ2v) is 13.6. The molecule has 38 heavy (non-hydrogen) atoms. The number of hydrogen-bond donors (Lipinski definition) is 4. The third-order valence-corrected chi connectivity index (χ3v) is 10.5. The van der Waals surface area contributed by atoms with E-state index < -0.39 is 74.3 Å². The zero-order chi connectivity index (χ0) is 28.7. The van der Waals surface area contributed by atoms with Crippen LogP contribution < -0.4 is 25.3 Å². The van der Waals surface area contributed by atoms with Crippen molar-refractivity contribution in [1.29, 1.82) is 0 Å². The molecule has 2 aromatic rings. The first-order chi connectivity index (χ1) is 17.3. The van der Waals surface area contributed by atoms with E-state index in [0.717, 1.165) is 17.2 Å². The van der Waals surface area contributed by atoms with Crippen LogP contribution >= 0.6 is 31.1 Å². The summed E-state index contributed by atoms with van der Waals surface area (Å²) in [6.45, 7) is -1.20. The summed E-state index contributed by atoms with van der Waals surface area (Å²) in [6, 6.07) is 0. The van der Waals surface area contributed by atoms with Crippen molar-refractivity contribution in [3.05, 3.63) is 12.7 Å². The number of aliphatic hydroxyl groups is 2. The van der Waals surface area contributed by atoms with Crippen molar-refractivity contribution in [2.24, 2.45) is 0 Å². The Labute approximate surface area is 209 Å². The zero-order valence-corrected chi connectivity index (χ0v) is 21.7. The molecular weight excluding hydrogens is 610 g/mol. The fourth-order valence-electron chi connectivity index (χ4n) is 2.96. The Morgan fingerprint density at radius 1 is 1.00 bits per heavy atom. The van der Waals surface area contributed by atoms with Gasteiger partial charge in [0, 0.05) is 0 Å². The van der Waals surface area contributed by atoms with Gasteiger partial charge in [-0.25, -0.2) is 23.6 Å². The molecule has 26 heteroatoms. The van der Waals surface area contributed by atoms with Crippen molar-refractivity contribution in [3.63, 3.8) is 0 Å². The third kappa shape index (κ3) is 7.70. The van der Waals surface area contributed by atoms with Crippen LogP contribution in [-0.2, 0) is 45.2 Å². The molecular formula is C12H15N5O17P4-4. The molecule has 0 aliphatic carbocycles. The number of carboxylic acids is 1. The van der Waals surface area contributed by atoms with Crippen molar-refractivity contribution in [2.45, 2.75) is 24.5 Å². The van der Waals surface area contributed by atoms with E-state index in [0.29, 0.717) is 0 Å². The Balaban J connectivity index is 1.63. The number of nitrogens with two attached hydrogens (primary N) is 1. The molecule has 3 heterocycles. The third-order valence-electron chi connectivity index (χ3n) is 4.35. The highest BCUT2D eigenvalue weighted by Crippen LogP contribution is 2.66. The predicted octanol–water partition coefficient (Wildman–Crippen LogP) is -3.86. The maximum absolute atomic E-state index is 11.9. The monoisotopic (exact) mass is 625 g/mol. The van der Waals surface area contributed by atoms with Crippen LogP contribution in [0.2, 0.25) is 0 Å². The highest BCUT2D eigenvalue weighted by atomic mass is 31.3. The van der Waals surface area contributed by atoms with E-state index in [4.69, 9.17) is 15.6 Å². The van der Waals surface area contributed by atoms with Gasteiger partial charge in [0.1, 0.15) is 36.3 Å². The van der Waals surface area contributed by atoms with Crippen molar-refractivity contribution in [3.8, 4) is 0 Å². The van der Waals surface area contributed by atoms with Gasteiger partial charge in [-0.1, -0.05) is 0 Å². The smallest absolute Gasteiger partial charge is 0.311 e. The van der Waals surface area contributed by atoms with Crippen molar-refractivity contribution in [2.75, 3.05) is 18.5 Å². The maximum Gasteiger partial charge on any atom is 0.311 e. The van der Waals surface area contributed by atoms with E-state index in [-0.39, 0.29) is 17.0 Å². The number of fused-ring (bicyclic) bond motifs is 1. The number of nitrogens with zero attached hydrogens (tertiary/aromatic N) is 4. The number of ether oxygens (including phenoxy) is 1. The number of rotatable bonds is 12. The van der Waals surface area contributed by atoms with E-state index in [1.165, 1.54) is 0 Å². The first-order valence-electron chi connectivity index (χ1n) is 9.49. The first kappa shape index (κ1) is 30.8. The summed E-state index contributed by atoms with van der Waals surface area (Å²) in [4.78, 5) is 68.2. The average Bonchev–Trinajstić information content (AvgIpc) is 3.25. The number of aliphatic hydroxyl groups excluding tert-OH is 2. The number of nitrogen functional groups attached to an aromatic ring is 1. The second kappa shape index (κ2) is 11.1. The Bertz CT molecular complexity index is 1400. The van der Waals surface area contributed by atoms with Crippen LogP contribution in [-0.4, -0.2) is 71.9 Å². The number of carbonyl (C=O) groups is 1. The number of phosphoric ester groups is 1. The van der Waals surface area contributed by atoms with E-state index in [1.807, 2.05) is 0 Å². The molecule has 5 N–H and O–H groups in total. The zero-order valence-electron chi connectivity index (χ0n) is 18.1. The van der Waals surface area contributed by atoms with Crippen LogP contribution in [0.1, 0.15) is 6.23 Å². The lowest BCUT2D eigenvalue weighted by Gasteiger charge is -2.36. The summed E-state index contributed by atoms with van der Waals surface area (Å²) in [7, 11) is -24.7. The Morgan fingerprint density at radius 3 is 2.24 bits per heavy atom. The number of imidazole rings is 1. The molecule has 22 nitrogen and oxygen atoms in total. The number of aliphatic carboxylic acids is 1. The van der Waals surface area contributed by atoms with Crippen LogP contribution in [0.25, 0.3) is 11.2 Å². The topological polar surface area (TPSA) is 354 Å². The summed E-state index contributed by atoms with van der Waals surface area (Å²) in [5.41, 5.74) is 5.83. The van der Waals surface area contributed by atoms with Crippen LogP contribution in [0.4, 0.5) is 5.82 Å². The maximum atomic E-state index is 11.9. The van der Waals surface area contributed by atoms with Gasteiger partial charge in [0.25, 0.3) is 23.5 Å². The van der Waals surface area contributed by atoms with Gasteiger partial charge in [-0.3, -0.25) is 27.4 Å². The second-order valence-electron chi connectivity index (χ2n) is 7.17. The fourth-order valence-corrected chi connectivity index (χ4v) is 8.00. The molecule has 0 amide bonds. The minimum Gasteiger partial charge on any atom is -0.778 e. The number of phosphoric acid groups is 3. The number of carboxylic acid groups (broad SMARTS) is 1. The lowest BCUT2D eigenvalue weighted by Crippen LogP contribution is -2.34. The van der Waals surface area contributed by atoms with Gasteiger partial charge in [-0.2, -0.15) is 0 Å².